The second kappa shape index (κ2) is 7.11. The fourth-order valence-corrected chi connectivity index (χ4v) is 3.12. The highest BCUT2D eigenvalue weighted by atomic mass is 16.7. The smallest absolute Gasteiger partial charge is 0.434 e. The molecule has 6 heteroatoms. The predicted octanol–water partition coefficient (Wildman–Crippen LogP) is 4.66. The number of nitrogens with zero attached hydrogens (tertiary/aromatic N) is 1. The molecular formula is C19H22N2O4. The number of pyridine rings is 1. The third-order valence-electron chi connectivity index (χ3n) is 4.19. The molecule has 0 spiro atoms. The number of benzene rings is 1. The monoisotopic (exact) mass is 342 g/mol. The maximum atomic E-state index is 11.7. The lowest BCUT2D eigenvalue weighted by Gasteiger charge is -2.14. The molecule has 1 aromatic carbocycles. The number of aromatic nitrogens is 2. The highest BCUT2D eigenvalue weighted by Crippen LogP contribution is 2.36. The van der Waals surface area contributed by atoms with Crippen LogP contribution in [0.5, 0.6) is 5.88 Å². The van der Waals surface area contributed by atoms with Gasteiger partial charge in [-0.3, -0.25) is 0 Å². The summed E-state index contributed by atoms with van der Waals surface area (Å²) < 4.78 is 15.9. The summed E-state index contributed by atoms with van der Waals surface area (Å²) in [5.74, 6) is 0.255. The summed E-state index contributed by atoms with van der Waals surface area (Å²) in [6.07, 6.45) is 0.876. The molecule has 3 rings (SSSR count). The molecule has 2 aromatic heterocycles. The number of carbonyl (C=O) groups excluding carboxylic acids is 1. The summed E-state index contributed by atoms with van der Waals surface area (Å²) >= 11 is 0. The van der Waals surface area contributed by atoms with E-state index in [4.69, 9.17) is 14.2 Å². The van der Waals surface area contributed by atoms with Crippen molar-refractivity contribution in [2.45, 2.75) is 33.8 Å². The van der Waals surface area contributed by atoms with Crippen molar-refractivity contribution in [3.8, 4) is 5.88 Å². The van der Waals surface area contributed by atoms with Crippen molar-refractivity contribution in [1.82, 2.24) is 9.97 Å². The van der Waals surface area contributed by atoms with Gasteiger partial charge in [0.1, 0.15) is 0 Å². The van der Waals surface area contributed by atoms with Crippen LogP contribution in [0.3, 0.4) is 0 Å². The number of ether oxygens (including phenoxy) is 3. The SMILES string of the molecule is CCOC(=O)Oc1ncc2[nH]c3cccc(C(C)OCC)c3c2c1C. The average Bonchev–Trinajstić information content (AvgIpc) is 2.97. The number of carbonyl (C=O) groups is 1. The Balaban J connectivity index is 2.18. The van der Waals surface area contributed by atoms with E-state index >= 15 is 0 Å². The van der Waals surface area contributed by atoms with Crippen molar-refractivity contribution in [2.75, 3.05) is 13.2 Å². The van der Waals surface area contributed by atoms with E-state index in [1.54, 1.807) is 13.1 Å². The first-order chi connectivity index (χ1) is 12.1. The van der Waals surface area contributed by atoms with Gasteiger partial charge in [-0.1, -0.05) is 12.1 Å². The van der Waals surface area contributed by atoms with E-state index in [1.165, 1.54) is 0 Å². The lowest BCUT2D eigenvalue weighted by Crippen LogP contribution is -2.11. The Kier molecular flexibility index (Phi) is 4.90. The molecule has 1 atom stereocenters. The highest BCUT2D eigenvalue weighted by Gasteiger charge is 2.19. The number of fused-ring (bicyclic) bond motifs is 3. The Morgan fingerprint density at radius 1 is 1.20 bits per heavy atom. The molecule has 0 fully saturated rings. The second-order valence-electron chi connectivity index (χ2n) is 5.75. The topological polar surface area (TPSA) is 73.4 Å². The van der Waals surface area contributed by atoms with Crippen LogP contribution in [-0.4, -0.2) is 29.3 Å². The zero-order valence-electron chi connectivity index (χ0n) is 14.9. The van der Waals surface area contributed by atoms with Gasteiger partial charge in [-0.25, -0.2) is 9.78 Å². The van der Waals surface area contributed by atoms with Crippen molar-refractivity contribution in [2.24, 2.45) is 0 Å². The number of hydrogen-bond acceptors (Lipinski definition) is 5. The van der Waals surface area contributed by atoms with Crippen LogP contribution < -0.4 is 4.74 Å². The van der Waals surface area contributed by atoms with Gasteiger partial charge in [-0.05, 0) is 39.3 Å². The quantitative estimate of drug-likeness (QED) is 0.683. The molecule has 1 unspecified atom stereocenters. The molecule has 3 aromatic rings. The summed E-state index contributed by atoms with van der Waals surface area (Å²) in [6.45, 7) is 8.52. The van der Waals surface area contributed by atoms with E-state index in [0.717, 1.165) is 32.9 Å². The third kappa shape index (κ3) is 3.17. The lowest BCUT2D eigenvalue weighted by molar-refractivity contribution is 0.0774. The molecular weight excluding hydrogens is 320 g/mol. The van der Waals surface area contributed by atoms with Crippen molar-refractivity contribution >= 4 is 28.0 Å². The van der Waals surface area contributed by atoms with Crippen molar-refractivity contribution in [3.63, 3.8) is 0 Å². The van der Waals surface area contributed by atoms with Gasteiger partial charge in [-0.2, -0.15) is 0 Å². The highest BCUT2D eigenvalue weighted by molar-refractivity contribution is 6.11. The van der Waals surface area contributed by atoms with E-state index in [-0.39, 0.29) is 18.6 Å². The molecule has 0 bridgehead atoms. The molecule has 0 saturated carbocycles. The standard InChI is InChI=1S/C19H22N2O4/c1-5-23-12(4)13-8-7-9-14-17(13)16-11(3)18(20-10-15(16)21-14)25-19(22)24-6-2/h7-10,12,21H,5-6H2,1-4H3. The van der Waals surface area contributed by atoms with Gasteiger partial charge in [0.15, 0.2) is 0 Å². The Morgan fingerprint density at radius 2 is 2.00 bits per heavy atom. The number of rotatable bonds is 5. The van der Waals surface area contributed by atoms with E-state index in [1.807, 2.05) is 32.9 Å². The summed E-state index contributed by atoms with van der Waals surface area (Å²) in [7, 11) is 0. The third-order valence-corrected chi connectivity index (χ3v) is 4.19. The zero-order chi connectivity index (χ0) is 18.0. The van der Waals surface area contributed by atoms with Gasteiger partial charge in [0, 0.05) is 28.5 Å². The zero-order valence-corrected chi connectivity index (χ0v) is 14.9. The number of hydrogen-bond donors (Lipinski definition) is 1. The van der Waals surface area contributed by atoms with Crippen molar-refractivity contribution in [3.05, 3.63) is 35.5 Å². The lowest BCUT2D eigenvalue weighted by atomic mass is 10.0. The van der Waals surface area contributed by atoms with Crippen LogP contribution in [-0.2, 0) is 9.47 Å². The average molecular weight is 342 g/mol. The maximum Gasteiger partial charge on any atom is 0.515 e. The fraction of sp³-hybridized carbons (Fsp3) is 0.368. The van der Waals surface area contributed by atoms with Gasteiger partial charge in [0.25, 0.3) is 0 Å². The molecule has 0 radical (unpaired) electrons. The van der Waals surface area contributed by atoms with Crippen LogP contribution in [0.4, 0.5) is 4.79 Å². The van der Waals surface area contributed by atoms with Crippen molar-refractivity contribution < 1.29 is 19.0 Å². The van der Waals surface area contributed by atoms with Gasteiger partial charge in [0.05, 0.1) is 24.4 Å². The van der Waals surface area contributed by atoms with Crippen LogP contribution >= 0.6 is 0 Å². The van der Waals surface area contributed by atoms with Gasteiger partial charge in [-0.15, -0.1) is 0 Å². The molecule has 0 aliphatic carbocycles. The first-order valence-corrected chi connectivity index (χ1v) is 8.42. The Bertz CT molecular complexity index is 917. The molecule has 6 nitrogen and oxygen atoms in total. The first kappa shape index (κ1) is 17.2. The fourth-order valence-electron chi connectivity index (χ4n) is 3.12. The Labute approximate surface area is 146 Å². The van der Waals surface area contributed by atoms with E-state index in [0.29, 0.717) is 6.61 Å². The molecule has 0 aliphatic rings. The molecule has 25 heavy (non-hydrogen) atoms. The number of nitrogens with one attached hydrogen (secondary N) is 1. The van der Waals surface area contributed by atoms with Crippen LogP contribution in [0.25, 0.3) is 21.8 Å². The summed E-state index contributed by atoms with van der Waals surface area (Å²) in [6, 6.07) is 6.08. The predicted molar refractivity (Wildman–Crippen MR) is 96.0 cm³/mol. The number of aromatic amines is 1. The van der Waals surface area contributed by atoms with E-state index < -0.39 is 6.16 Å². The maximum absolute atomic E-state index is 11.7. The normalized spacial score (nSPS) is 12.5. The van der Waals surface area contributed by atoms with Crippen LogP contribution in [0.15, 0.2) is 24.4 Å². The van der Waals surface area contributed by atoms with Crippen LogP contribution in [0, 0.1) is 6.92 Å². The van der Waals surface area contributed by atoms with Crippen LogP contribution in [0.2, 0.25) is 0 Å². The van der Waals surface area contributed by atoms with Gasteiger partial charge < -0.3 is 19.2 Å². The molecule has 1 N–H and O–H groups in total. The summed E-state index contributed by atoms with van der Waals surface area (Å²) in [4.78, 5) is 19.3. The largest absolute Gasteiger partial charge is 0.515 e. The molecule has 0 saturated heterocycles. The molecule has 0 amide bonds. The second-order valence-corrected chi connectivity index (χ2v) is 5.75. The van der Waals surface area contributed by atoms with Crippen LogP contribution in [0.1, 0.15) is 38.0 Å². The minimum absolute atomic E-state index is 0.0466. The Hall–Kier alpha value is -2.60. The number of aryl methyl sites for hydroxylation is 1. The van der Waals surface area contributed by atoms with Gasteiger partial charge in [0.2, 0.25) is 5.88 Å². The summed E-state index contributed by atoms with van der Waals surface area (Å²) in [5, 5.41) is 2.04. The van der Waals surface area contributed by atoms with Gasteiger partial charge >= 0.3 is 6.16 Å². The minimum Gasteiger partial charge on any atom is -0.434 e. The summed E-state index contributed by atoms with van der Waals surface area (Å²) in [5.41, 5.74) is 3.76. The molecule has 0 aliphatic heterocycles. The Morgan fingerprint density at radius 3 is 2.72 bits per heavy atom. The minimum atomic E-state index is -0.750. The number of H-pyrrole nitrogens is 1. The van der Waals surface area contributed by atoms with E-state index in [2.05, 4.69) is 16.0 Å². The van der Waals surface area contributed by atoms with Crippen molar-refractivity contribution in [1.29, 1.82) is 0 Å². The first-order valence-electron chi connectivity index (χ1n) is 8.42. The molecule has 132 valence electrons. The van der Waals surface area contributed by atoms with E-state index in [9.17, 15) is 4.79 Å². The molecule has 2 heterocycles.